The molecule has 0 aliphatic carbocycles. The summed E-state index contributed by atoms with van der Waals surface area (Å²) in [6.45, 7) is 8.87. The molecule has 0 amide bonds. The smallest absolute Gasteiger partial charge is 0.137 e. The maximum absolute atomic E-state index is 4.79. The zero-order valence-electron chi connectivity index (χ0n) is 12.7. The van der Waals surface area contributed by atoms with E-state index in [1.807, 2.05) is 7.05 Å². The maximum atomic E-state index is 4.79. The van der Waals surface area contributed by atoms with Gasteiger partial charge in [0.2, 0.25) is 0 Å². The van der Waals surface area contributed by atoms with E-state index in [0.29, 0.717) is 0 Å². The minimum Gasteiger partial charge on any atom is -0.373 e. The molecule has 0 saturated carbocycles. The van der Waals surface area contributed by atoms with Gasteiger partial charge in [-0.3, -0.25) is 0 Å². The molecule has 2 rings (SSSR count). The summed E-state index contributed by atoms with van der Waals surface area (Å²) in [5, 5.41) is 3.20. The molecule has 0 unspecified atom stereocenters. The molecule has 0 radical (unpaired) electrons. The molecular formula is C15H26N4. The number of hydrogen-bond acceptors (Lipinski definition) is 4. The van der Waals surface area contributed by atoms with Gasteiger partial charge >= 0.3 is 0 Å². The molecule has 19 heavy (non-hydrogen) atoms. The number of nitrogens with one attached hydrogen (secondary N) is 1. The molecular weight excluding hydrogens is 236 g/mol. The fraction of sp³-hybridized carbons (Fsp3) is 0.733. The molecule has 1 aliphatic rings. The van der Waals surface area contributed by atoms with Crippen molar-refractivity contribution < 1.29 is 0 Å². The number of aromatic nitrogens is 2. The number of aryl methyl sites for hydroxylation is 1. The summed E-state index contributed by atoms with van der Waals surface area (Å²) in [4.78, 5) is 11.8. The van der Waals surface area contributed by atoms with E-state index in [1.165, 1.54) is 18.4 Å². The molecule has 2 heterocycles. The molecule has 0 bridgehead atoms. The molecule has 1 N–H and O–H groups in total. The molecule has 1 saturated heterocycles. The Kier molecular flexibility index (Phi) is 4.61. The van der Waals surface area contributed by atoms with Crippen molar-refractivity contribution in [2.75, 3.05) is 30.4 Å². The van der Waals surface area contributed by atoms with Gasteiger partial charge in [-0.2, -0.15) is 0 Å². The summed E-state index contributed by atoms with van der Waals surface area (Å²) >= 11 is 0. The van der Waals surface area contributed by atoms with Crippen LogP contribution in [0.2, 0.25) is 0 Å². The van der Waals surface area contributed by atoms with Gasteiger partial charge < -0.3 is 10.2 Å². The number of hydrogen-bond donors (Lipinski definition) is 1. The van der Waals surface area contributed by atoms with Crippen LogP contribution in [0.4, 0.5) is 11.6 Å². The summed E-state index contributed by atoms with van der Waals surface area (Å²) in [5.41, 5.74) is 1.18. The summed E-state index contributed by atoms with van der Waals surface area (Å²) in [7, 11) is 1.94. The first-order valence-electron chi connectivity index (χ1n) is 7.45. The zero-order chi connectivity index (χ0) is 13.8. The summed E-state index contributed by atoms with van der Waals surface area (Å²) in [6.07, 6.45) is 4.57. The van der Waals surface area contributed by atoms with Crippen LogP contribution >= 0.6 is 0 Å². The largest absolute Gasteiger partial charge is 0.373 e. The van der Waals surface area contributed by atoms with Gasteiger partial charge in [0.25, 0.3) is 0 Å². The Labute approximate surface area is 116 Å². The Bertz CT molecular complexity index is 422. The monoisotopic (exact) mass is 262 g/mol. The molecule has 106 valence electrons. The van der Waals surface area contributed by atoms with Crippen LogP contribution in [0.5, 0.6) is 0 Å². The lowest BCUT2D eigenvalue weighted by Gasteiger charge is -2.32. The Morgan fingerprint density at radius 2 is 1.95 bits per heavy atom. The Hall–Kier alpha value is -1.32. The maximum Gasteiger partial charge on any atom is 0.137 e. The van der Waals surface area contributed by atoms with E-state index >= 15 is 0 Å². The predicted octanol–water partition coefficient (Wildman–Crippen LogP) is 3.02. The fourth-order valence-corrected chi connectivity index (χ4v) is 2.66. The normalized spacial score (nSPS) is 16.7. The lowest BCUT2D eigenvalue weighted by Crippen LogP contribution is -2.34. The second kappa shape index (κ2) is 6.22. The molecule has 0 atom stereocenters. The van der Waals surface area contributed by atoms with Crippen LogP contribution in [0.25, 0.3) is 0 Å². The predicted molar refractivity (Wildman–Crippen MR) is 80.9 cm³/mol. The van der Waals surface area contributed by atoms with Gasteiger partial charge in [-0.05, 0) is 32.1 Å². The van der Waals surface area contributed by atoms with Gasteiger partial charge in [0, 0.05) is 32.1 Å². The first-order valence-corrected chi connectivity index (χ1v) is 7.45. The SMILES string of the molecule is CCCc1nc(NC)c(C)c(N2CCC(C)CC2)n1. The van der Waals surface area contributed by atoms with Crippen molar-refractivity contribution in [2.24, 2.45) is 5.92 Å². The van der Waals surface area contributed by atoms with Crippen LogP contribution in [0, 0.1) is 12.8 Å². The summed E-state index contributed by atoms with van der Waals surface area (Å²) in [6, 6.07) is 0. The highest BCUT2D eigenvalue weighted by molar-refractivity contribution is 5.58. The molecule has 4 heteroatoms. The van der Waals surface area contributed by atoms with E-state index in [2.05, 4.69) is 36.0 Å². The van der Waals surface area contributed by atoms with E-state index < -0.39 is 0 Å². The van der Waals surface area contributed by atoms with Crippen molar-refractivity contribution in [1.82, 2.24) is 9.97 Å². The first kappa shape index (κ1) is 14.1. The lowest BCUT2D eigenvalue weighted by atomic mass is 9.99. The summed E-state index contributed by atoms with van der Waals surface area (Å²) < 4.78 is 0. The van der Waals surface area contributed by atoms with Crippen LogP contribution < -0.4 is 10.2 Å². The number of nitrogens with zero attached hydrogens (tertiary/aromatic N) is 3. The number of piperidine rings is 1. The number of anilines is 2. The quantitative estimate of drug-likeness (QED) is 0.905. The molecule has 1 aromatic heterocycles. The van der Waals surface area contributed by atoms with Gasteiger partial charge in [0.05, 0.1) is 0 Å². The molecule has 1 fully saturated rings. The van der Waals surface area contributed by atoms with Gasteiger partial charge in [0.15, 0.2) is 0 Å². The topological polar surface area (TPSA) is 41.1 Å². The third-order valence-electron chi connectivity index (χ3n) is 3.96. The Morgan fingerprint density at radius 1 is 1.26 bits per heavy atom. The minimum absolute atomic E-state index is 0.845. The van der Waals surface area contributed by atoms with Crippen LogP contribution in [0.1, 0.15) is 44.5 Å². The second-order valence-electron chi connectivity index (χ2n) is 5.61. The van der Waals surface area contributed by atoms with Crippen LogP contribution in [0.15, 0.2) is 0 Å². The second-order valence-corrected chi connectivity index (χ2v) is 5.61. The van der Waals surface area contributed by atoms with E-state index in [0.717, 1.165) is 49.3 Å². The lowest BCUT2D eigenvalue weighted by molar-refractivity contribution is 0.436. The van der Waals surface area contributed by atoms with Gasteiger partial charge in [0.1, 0.15) is 17.5 Å². The third-order valence-corrected chi connectivity index (χ3v) is 3.96. The van der Waals surface area contributed by atoms with Crippen molar-refractivity contribution in [3.8, 4) is 0 Å². The van der Waals surface area contributed by atoms with Gasteiger partial charge in [-0.15, -0.1) is 0 Å². The van der Waals surface area contributed by atoms with Crippen molar-refractivity contribution in [2.45, 2.75) is 46.5 Å². The molecule has 0 aromatic carbocycles. The van der Waals surface area contributed by atoms with Crippen molar-refractivity contribution in [3.63, 3.8) is 0 Å². The van der Waals surface area contributed by atoms with Crippen molar-refractivity contribution in [1.29, 1.82) is 0 Å². The van der Waals surface area contributed by atoms with E-state index in [4.69, 9.17) is 4.98 Å². The molecule has 1 aromatic rings. The zero-order valence-corrected chi connectivity index (χ0v) is 12.7. The average molecular weight is 262 g/mol. The van der Waals surface area contributed by atoms with Crippen LogP contribution in [-0.4, -0.2) is 30.1 Å². The highest BCUT2D eigenvalue weighted by atomic mass is 15.2. The number of rotatable bonds is 4. The van der Waals surface area contributed by atoms with Gasteiger partial charge in [-0.1, -0.05) is 13.8 Å². The Morgan fingerprint density at radius 3 is 2.53 bits per heavy atom. The first-order chi connectivity index (χ1) is 9.15. The molecule has 0 spiro atoms. The third kappa shape index (κ3) is 3.17. The van der Waals surface area contributed by atoms with E-state index in [-0.39, 0.29) is 0 Å². The molecule has 1 aliphatic heterocycles. The highest BCUT2D eigenvalue weighted by Gasteiger charge is 2.20. The van der Waals surface area contributed by atoms with E-state index in [1.54, 1.807) is 0 Å². The summed E-state index contributed by atoms with van der Waals surface area (Å²) in [5.74, 6) is 3.92. The minimum atomic E-state index is 0.845. The fourth-order valence-electron chi connectivity index (χ4n) is 2.66. The van der Waals surface area contributed by atoms with Gasteiger partial charge in [-0.25, -0.2) is 9.97 Å². The standard InChI is InChI=1S/C15H26N4/c1-5-6-13-17-14(16-4)12(3)15(18-13)19-9-7-11(2)8-10-19/h11H,5-10H2,1-4H3,(H,16,17,18). The van der Waals surface area contributed by atoms with E-state index in [9.17, 15) is 0 Å². The Balaban J connectivity index is 2.29. The van der Waals surface area contributed by atoms with Crippen molar-refractivity contribution >= 4 is 11.6 Å². The highest BCUT2D eigenvalue weighted by Crippen LogP contribution is 2.27. The van der Waals surface area contributed by atoms with Crippen LogP contribution in [0.3, 0.4) is 0 Å². The van der Waals surface area contributed by atoms with Crippen molar-refractivity contribution in [3.05, 3.63) is 11.4 Å². The molecule has 4 nitrogen and oxygen atoms in total. The van der Waals surface area contributed by atoms with Crippen LogP contribution in [-0.2, 0) is 6.42 Å². The average Bonchev–Trinajstić information content (AvgIpc) is 2.42.